The van der Waals surface area contributed by atoms with E-state index in [0.717, 1.165) is 40.5 Å². The normalized spacial score (nSPS) is 11.3. The van der Waals surface area contributed by atoms with E-state index in [1.54, 1.807) is 11.4 Å². The summed E-state index contributed by atoms with van der Waals surface area (Å²) in [5.74, 6) is 1.15. The SMILES string of the molecule is O=c1c2ccccc2n(CCCCSP)c2ccccc12. The van der Waals surface area contributed by atoms with Crippen molar-refractivity contribution >= 4 is 41.6 Å². The number of pyridine rings is 1. The molecular weight excluding hydrogens is 297 g/mol. The number of aryl methyl sites for hydroxylation is 1. The molecule has 0 radical (unpaired) electrons. The second-order valence-corrected chi connectivity index (χ2v) is 6.83. The van der Waals surface area contributed by atoms with Crippen molar-refractivity contribution < 1.29 is 0 Å². The molecule has 0 aliphatic heterocycles. The van der Waals surface area contributed by atoms with Crippen LogP contribution in [0.5, 0.6) is 0 Å². The molecule has 0 aliphatic rings. The van der Waals surface area contributed by atoms with Gasteiger partial charge in [0.2, 0.25) is 0 Å². The predicted octanol–water partition coefficient (Wildman–Crippen LogP) is 4.46. The van der Waals surface area contributed by atoms with Gasteiger partial charge in [0.05, 0.1) is 11.0 Å². The van der Waals surface area contributed by atoms with E-state index in [1.807, 2.05) is 48.5 Å². The van der Waals surface area contributed by atoms with Crippen molar-refractivity contribution in [3.63, 3.8) is 0 Å². The Kier molecular flexibility index (Phi) is 4.62. The zero-order valence-electron chi connectivity index (χ0n) is 11.8. The molecule has 21 heavy (non-hydrogen) atoms. The summed E-state index contributed by atoms with van der Waals surface area (Å²) >= 11 is 1.80. The van der Waals surface area contributed by atoms with E-state index in [4.69, 9.17) is 0 Å². The van der Waals surface area contributed by atoms with Crippen LogP contribution in [0.25, 0.3) is 21.8 Å². The summed E-state index contributed by atoms with van der Waals surface area (Å²) in [4.78, 5) is 12.6. The van der Waals surface area contributed by atoms with Gasteiger partial charge in [-0.1, -0.05) is 32.7 Å². The van der Waals surface area contributed by atoms with Crippen LogP contribution in [0.3, 0.4) is 0 Å². The van der Waals surface area contributed by atoms with Crippen LogP contribution in [0.2, 0.25) is 0 Å². The van der Waals surface area contributed by atoms with E-state index in [-0.39, 0.29) is 5.43 Å². The predicted molar refractivity (Wildman–Crippen MR) is 97.1 cm³/mol. The Balaban J connectivity index is 2.18. The number of nitrogens with zero attached hydrogens (tertiary/aromatic N) is 1. The minimum Gasteiger partial charge on any atom is -0.340 e. The smallest absolute Gasteiger partial charge is 0.197 e. The Morgan fingerprint density at radius 1 is 0.905 bits per heavy atom. The number of unbranched alkanes of at least 4 members (excludes halogenated alkanes) is 1. The second-order valence-electron chi connectivity index (χ2n) is 5.09. The third-order valence-electron chi connectivity index (χ3n) is 3.77. The zero-order valence-corrected chi connectivity index (χ0v) is 13.8. The average molecular weight is 315 g/mol. The first-order valence-corrected chi connectivity index (χ1v) is 9.61. The second kappa shape index (κ2) is 6.64. The molecular formula is C17H18NOPS. The summed E-state index contributed by atoms with van der Waals surface area (Å²) in [7, 11) is 2.70. The van der Waals surface area contributed by atoms with Gasteiger partial charge in [0, 0.05) is 17.3 Å². The maximum Gasteiger partial charge on any atom is 0.197 e. The molecule has 0 N–H and O–H groups in total. The Labute approximate surface area is 130 Å². The van der Waals surface area contributed by atoms with Crippen LogP contribution >= 0.6 is 19.8 Å². The lowest BCUT2D eigenvalue weighted by Gasteiger charge is -2.15. The van der Waals surface area contributed by atoms with Crippen LogP contribution in [0, 0.1) is 0 Å². The molecule has 3 aromatic rings. The van der Waals surface area contributed by atoms with E-state index in [1.165, 1.54) is 6.42 Å². The fraction of sp³-hybridized carbons (Fsp3) is 0.235. The Morgan fingerprint density at radius 3 is 2.05 bits per heavy atom. The maximum atomic E-state index is 12.6. The van der Waals surface area contributed by atoms with Crippen molar-refractivity contribution in [3.05, 3.63) is 58.8 Å². The van der Waals surface area contributed by atoms with Crippen LogP contribution in [-0.4, -0.2) is 10.3 Å². The van der Waals surface area contributed by atoms with Crippen molar-refractivity contribution in [3.8, 4) is 0 Å². The fourth-order valence-electron chi connectivity index (χ4n) is 2.77. The van der Waals surface area contributed by atoms with Crippen LogP contribution in [-0.2, 0) is 6.54 Å². The van der Waals surface area contributed by atoms with E-state index >= 15 is 0 Å². The molecule has 4 heteroatoms. The van der Waals surface area contributed by atoms with Gasteiger partial charge >= 0.3 is 0 Å². The molecule has 1 aromatic heterocycles. The van der Waals surface area contributed by atoms with Gasteiger partial charge in [-0.25, -0.2) is 0 Å². The third kappa shape index (κ3) is 2.86. The van der Waals surface area contributed by atoms with Crippen LogP contribution in [0.15, 0.2) is 53.3 Å². The van der Waals surface area contributed by atoms with Crippen molar-refractivity contribution in [1.29, 1.82) is 0 Å². The third-order valence-corrected chi connectivity index (χ3v) is 5.00. The van der Waals surface area contributed by atoms with Crippen LogP contribution in [0.4, 0.5) is 0 Å². The van der Waals surface area contributed by atoms with Crippen molar-refractivity contribution in [2.45, 2.75) is 19.4 Å². The number of aromatic nitrogens is 1. The Bertz CT molecular complexity index is 768. The van der Waals surface area contributed by atoms with Crippen molar-refractivity contribution in [2.24, 2.45) is 0 Å². The van der Waals surface area contributed by atoms with E-state index in [2.05, 4.69) is 13.0 Å². The van der Waals surface area contributed by atoms with Gasteiger partial charge in [0.1, 0.15) is 0 Å². The molecule has 0 spiro atoms. The first-order chi connectivity index (χ1) is 10.3. The van der Waals surface area contributed by atoms with E-state index in [9.17, 15) is 4.79 Å². The summed E-state index contributed by atoms with van der Waals surface area (Å²) < 4.78 is 2.29. The summed E-state index contributed by atoms with van der Waals surface area (Å²) in [6.45, 7) is 0.951. The van der Waals surface area contributed by atoms with Gasteiger partial charge in [-0.3, -0.25) is 4.79 Å². The molecule has 0 saturated heterocycles. The lowest BCUT2D eigenvalue weighted by Crippen LogP contribution is -2.11. The Morgan fingerprint density at radius 2 is 1.48 bits per heavy atom. The van der Waals surface area contributed by atoms with Gasteiger partial charge in [-0.05, 0) is 42.9 Å². The monoisotopic (exact) mass is 315 g/mol. The summed E-state index contributed by atoms with van der Waals surface area (Å²) in [6, 6.07) is 15.8. The molecule has 3 rings (SSSR count). The highest BCUT2D eigenvalue weighted by molar-refractivity contribution is 8.43. The molecule has 2 nitrogen and oxygen atoms in total. The van der Waals surface area contributed by atoms with Gasteiger partial charge in [0.25, 0.3) is 0 Å². The molecule has 2 aromatic carbocycles. The number of benzene rings is 2. The van der Waals surface area contributed by atoms with Gasteiger partial charge in [-0.15, -0.1) is 11.4 Å². The molecule has 0 aliphatic carbocycles. The number of rotatable bonds is 5. The summed E-state index contributed by atoms with van der Waals surface area (Å²) in [5, 5.41) is 1.63. The van der Waals surface area contributed by atoms with Gasteiger partial charge in [-0.2, -0.15) is 0 Å². The lowest BCUT2D eigenvalue weighted by molar-refractivity contribution is 0.667. The molecule has 0 bridgehead atoms. The molecule has 1 atom stereocenters. The number of hydrogen-bond donors (Lipinski definition) is 0. The number of fused-ring (bicyclic) bond motifs is 2. The van der Waals surface area contributed by atoms with Crippen LogP contribution in [0.1, 0.15) is 12.8 Å². The summed E-state index contributed by atoms with van der Waals surface area (Å²) in [6.07, 6.45) is 2.31. The van der Waals surface area contributed by atoms with Crippen LogP contribution < -0.4 is 5.43 Å². The lowest BCUT2D eigenvalue weighted by atomic mass is 10.1. The molecule has 1 unspecified atom stereocenters. The molecule has 108 valence electrons. The maximum absolute atomic E-state index is 12.6. The zero-order chi connectivity index (χ0) is 14.7. The minimum atomic E-state index is 0.137. The van der Waals surface area contributed by atoms with E-state index < -0.39 is 0 Å². The minimum absolute atomic E-state index is 0.137. The average Bonchev–Trinajstić information content (AvgIpc) is 2.54. The summed E-state index contributed by atoms with van der Waals surface area (Å²) in [5.41, 5.74) is 2.22. The first kappa shape index (κ1) is 14.6. The number of para-hydroxylation sites is 2. The van der Waals surface area contributed by atoms with Crippen molar-refractivity contribution in [1.82, 2.24) is 4.57 Å². The highest BCUT2D eigenvalue weighted by Crippen LogP contribution is 2.20. The topological polar surface area (TPSA) is 22.0 Å². The highest BCUT2D eigenvalue weighted by atomic mass is 32.7. The molecule has 1 heterocycles. The van der Waals surface area contributed by atoms with Crippen molar-refractivity contribution in [2.75, 3.05) is 5.75 Å². The van der Waals surface area contributed by atoms with Gasteiger partial charge in [0.15, 0.2) is 5.43 Å². The molecule has 0 fully saturated rings. The van der Waals surface area contributed by atoms with E-state index in [0.29, 0.717) is 0 Å². The number of hydrogen-bond acceptors (Lipinski definition) is 2. The van der Waals surface area contributed by atoms with Gasteiger partial charge < -0.3 is 4.57 Å². The quantitative estimate of drug-likeness (QED) is 0.394. The molecule has 0 amide bonds. The molecule has 0 saturated carbocycles. The first-order valence-electron chi connectivity index (χ1n) is 7.15. The highest BCUT2D eigenvalue weighted by Gasteiger charge is 2.09. The standard InChI is InChI=1S/C17H18NOPS/c19-17-13-7-1-3-9-15(13)18(11-5-6-12-21-20)16-10-4-2-8-14(16)17/h1-4,7-10H,5-6,11-12,20H2. The fourth-order valence-corrected chi connectivity index (χ4v) is 3.64. The Hall–Kier alpha value is -1.31. The largest absolute Gasteiger partial charge is 0.340 e.